The molecule has 6 heteroatoms. The number of nitrogen functional groups attached to an aromatic ring is 1. The summed E-state index contributed by atoms with van der Waals surface area (Å²) >= 11 is 0. The molecule has 3 N–H and O–H groups in total. The van der Waals surface area contributed by atoms with Gasteiger partial charge in [0.25, 0.3) is 5.91 Å². The Hall–Kier alpha value is -2.37. The lowest BCUT2D eigenvalue weighted by Crippen LogP contribution is -2.29. The summed E-state index contributed by atoms with van der Waals surface area (Å²) in [5.41, 5.74) is 8.95. The molecular formula is C14H19N5O. The highest BCUT2D eigenvalue weighted by molar-refractivity contribution is 5.96. The van der Waals surface area contributed by atoms with Crippen molar-refractivity contribution >= 4 is 11.6 Å². The summed E-state index contributed by atoms with van der Waals surface area (Å²) in [5.74, 6) is 0.542. The van der Waals surface area contributed by atoms with Crippen molar-refractivity contribution in [3.63, 3.8) is 0 Å². The first-order chi connectivity index (χ1) is 9.40. The number of carbonyl (C=O) groups is 1. The summed E-state index contributed by atoms with van der Waals surface area (Å²) in [7, 11) is 1.84. The predicted molar refractivity (Wildman–Crippen MR) is 77.2 cm³/mol. The minimum absolute atomic E-state index is 0.162. The Kier molecular flexibility index (Phi) is 3.74. The Labute approximate surface area is 118 Å². The van der Waals surface area contributed by atoms with Crippen molar-refractivity contribution < 1.29 is 4.79 Å². The van der Waals surface area contributed by atoms with Gasteiger partial charge in [0.1, 0.15) is 6.33 Å². The molecule has 1 aromatic carbocycles. The van der Waals surface area contributed by atoms with Crippen LogP contribution in [0.4, 0.5) is 5.69 Å². The summed E-state index contributed by atoms with van der Waals surface area (Å²) in [6, 6.07) is 3.40. The summed E-state index contributed by atoms with van der Waals surface area (Å²) in [6.07, 6.45) is 1.60. The Morgan fingerprint density at radius 1 is 1.35 bits per heavy atom. The van der Waals surface area contributed by atoms with Crippen molar-refractivity contribution in [1.29, 1.82) is 0 Å². The first-order valence-corrected chi connectivity index (χ1v) is 6.41. The average Bonchev–Trinajstić information content (AvgIpc) is 2.80. The van der Waals surface area contributed by atoms with Crippen LogP contribution < -0.4 is 11.1 Å². The molecule has 0 aliphatic carbocycles. The summed E-state index contributed by atoms with van der Waals surface area (Å²) in [4.78, 5) is 12.3. The number of rotatable bonds is 3. The van der Waals surface area contributed by atoms with E-state index in [1.165, 1.54) is 0 Å². The Morgan fingerprint density at radius 3 is 2.65 bits per heavy atom. The molecule has 0 bridgehead atoms. The van der Waals surface area contributed by atoms with E-state index >= 15 is 0 Å². The number of nitrogens with zero attached hydrogens (tertiary/aromatic N) is 3. The van der Waals surface area contributed by atoms with Crippen LogP contribution in [-0.4, -0.2) is 20.7 Å². The third-order valence-electron chi connectivity index (χ3n) is 3.34. The SMILES string of the molecule is Cc1cc(C)c(C(=O)NC(C)c2nncn2C)cc1N. The normalized spacial score (nSPS) is 12.2. The van der Waals surface area contributed by atoms with E-state index in [9.17, 15) is 4.79 Å². The van der Waals surface area contributed by atoms with Gasteiger partial charge in [-0.2, -0.15) is 0 Å². The van der Waals surface area contributed by atoms with Crippen molar-refractivity contribution in [1.82, 2.24) is 20.1 Å². The number of aryl methyl sites for hydroxylation is 3. The second-order valence-electron chi connectivity index (χ2n) is 5.02. The van der Waals surface area contributed by atoms with E-state index < -0.39 is 0 Å². The van der Waals surface area contributed by atoms with Crippen LogP contribution in [0.5, 0.6) is 0 Å². The van der Waals surface area contributed by atoms with Crippen molar-refractivity contribution in [2.24, 2.45) is 7.05 Å². The van der Waals surface area contributed by atoms with Gasteiger partial charge in [-0.05, 0) is 38.0 Å². The molecule has 0 aliphatic heterocycles. The first kappa shape index (κ1) is 14.0. The summed E-state index contributed by atoms with van der Waals surface area (Å²) in [5, 5.41) is 10.7. The van der Waals surface area contributed by atoms with Gasteiger partial charge in [0.05, 0.1) is 6.04 Å². The number of benzene rings is 1. The lowest BCUT2D eigenvalue weighted by molar-refractivity contribution is 0.0937. The molecule has 2 rings (SSSR count). The number of nitrogens with two attached hydrogens (primary N) is 1. The molecule has 6 nitrogen and oxygen atoms in total. The molecule has 1 heterocycles. The number of nitrogens with one attached hydrogen (secondary N) is 1. The average molecular weight is 273 g/mol. The maximum absolute atomic E-state index is 12.3. The number of anilines is 1. The van der Waals surface area contributed by atoms with Gasteiger partial charge >= 0.3 is 0 Å². The van der Waals surface area contributed by atoms with Crippen molar-refractivity contribution in [3.05, 3.63) is 41.0 Å². The van der Waals surface area contributed by atoms with E-state index in [1.807, 2.05) is 33.9 Å². The van der Waals surface area contributed by atoms with Gasteiger partial charge in [-0.1, -0.05) is 6.07 Å². The molecule has 20 heavy (non-hydrogen) atoms. The third-order valence-corrected chi connectivity index (χ3v) is 3.34. The molecule has 0 spiro atoms. The van der Waals surface area contributed by atoms with Gasteiger partial charge in [0.15, 0.2) is 5.82 Å². The maximum Gasteiger partial charge on any atom is 0.252 e. The molecule has 2 aromatic rings. The van der Waals surface area contributed by atoms with Crippen LogP contribution in [0.2, 0.25) is 0 Å². The highest BCUT2D eigenvalue weighted by atomic mass is 16.1. The topological polar surface area (TPSA) is 85.8 Å². The molecule has 0 saturated heterocycles. The summed E-state index contributed by atoms with van der Waals surface area (Å²) in [6.45, 7) is 5.69. The van der Waals surface area contributed by atoms with Crippen molar-refractivity contribution in [2.75, 3.05) is 5.73 Å². The number of aromatic nitrogens is 3. The van der Waals surface area contributed by atoms with Gasteiger partial charge < -0.3 is 15.6 Å². The van der Waals surface area contributed by atoms with Crippen LogP contribution in [0.25, 0.3) is 0 Å². The van der Waals surface area contributed by atoms with E-state index in [0.717, 1.165) is 11.1 Å². The second-order valence-corrected chi connectivity index (χ2v) is 5.02. The molecular weight excluding hydrogens is 254 g/mol. The van der Waals surface area contributed by atoms with Crippen molar-refractivity contribution in [2.45, 2.75) is 26.8 Å². The monoisotopic (exact) mass is 273 g/mol. The molecule has 0 fully saturated rings. The molecule has 1 aromatic heterocycles. The summed E-state index contributed by atoms with van der Waals surface area (Å²) < 4.78 is 1.78. The Bertz CT molecular complexity index is 647. The molecule has 0 saturated carbocycles. The van der Waals surface area contributed by atoms with Crippen LogP contribution in [-0.2, 0) is 7.05 Å². The number of amides is 1. The maximum atomic E-state index is 12.3. The van der Waals surface area contributed by atoms with Crippen LogP contribution in [0, 0.1) is 13.8 Å². The van der Waals surface area contributed by atoms with E-state index in [4.69, 9.17) is 5.73 Å². The van der Waals surface area contributed by atoms with Crippen LogP contribution in [0.1, 0.15) is 40.3 Å². The Morgan fingerprint density at radius 2 is 2.05 bits per heavy atom. The van der Waals surface area contributed by atoms with E-state index in [2.05, 4.69) is 15.5 Å². The zero-order chi connectivity index (χ0) is 14.9. The molecule has 0 aliphatic rings. The van der Waals surface area contributed by atoms with Gasteiger partial charge in [-0.25, -0.2) is 0 Å². The quantitative estimate of drug-likeness (QED) is 0.830. The van der Waals surface area contributed by atoms with Gasteiger partial charge in [-0.15, -0.1) is 10.2 Å². The van der Waals surface area contributed by atoms with Crippen LogP contribution >= 0.6 is 0 Å². The van der Waals surface area contributed by atoms with Gasteiger partial charge in [0, 0.05) is 18.3 Å². The highest BCUT2D eigenvalue weighted by Crippen LogP contribution is 2.18. The van der Waals surface area contributed by atoms with Gasteiger partial charge in [-0.3, -0.25) is 4.79 Å². The smallest absolute Gasteiger partial charge is 0.252 e. The largest absolute Gasteiger partial charge is 0.398 e. The lowest BCUT2D eigenvalue weighted by Gasteiger charge is -2.15. The number of carbonyl (C=O) groups excluding carboxylic acids is 1. The first-order valence-electron chi connectivity index (χ1n) is 6.41. The van der Waals surface area contributed by atoms with Gasteiger partial charge in [0.2, 0.25) is 0 Å². The molecule has 1 amide bonds. The highest BCUT2D eigenvalue weighted by Gasteiger charge is 2.17. The fourth-order valence-corrected chi connectivity index (χ4v) is 2.14. The fourth-order valence-electron chi connectivity index (χ4n) is 2.14. The standard InChI is InChI=1S/C14H19N5O/c1-8-5-9(2)12(15)6-11(8)14(20)17-10(3)13-18-16-7-19(13)4/h5-7,10H,15H2,1-4H3,(H,17,20). The molecule has 0 radical (unpaired) electrons. The molecule has 1 unspecified atom stereocenters. The number of hydrogen-bond donors (Lipinski definition) is 2. The Balaban J connectivity index is 2.21. The third kappa shape index (κ3) is 2.64. The van der Waals surface area contributed by atoms with E-state index in [0.29, 0.717) is 17.1 Å². The predicted octanol–water partition coefficient (Wildman–Crippen LogP) is 1.51. The lowest BCUT2D eigenvalue weighted by atomic mass is 10.0. The minimum Gasteiger partial charge on any atom is -0.398 e. The van der Waals surface area contributed by atoms with E-state index in [1.54, 1.807) is 17.0 Å². The second kappa shape index (κ2) is 5.32. The van der Waals surface area contributed by atoms with Crippen molar-refractivity contribution in [3.8, 4) is 0 Å². The van der Waals surface area contributed by atoms with Crippen LogP contribution in [0.15, 0.2) is 18.5 Å². The zero-order valence-corrected chi connectivity index (χ0v) is 12.1. The molecule has 1 atom stereocenters. The zero-order valence-electron chi connectivity index (χ0n) is 12.1. The van der Waals surface area contributed by atoms with E-state index in [-0.39, 0.29) is 11.9 Å². The molecule has 106 valence electrons. The fraction of sp³-hybridized carbons (Fsp3) is 0.357. The number of hydrogen-bond acceptors (Lipinski definition) is 4. The minimum atomic E-state index is -0.225. The van der Waals surface area contributed by atoms with Crippen LogP contribution in [0.3, 0.4) is 0 Å².